The number of carbonyl (C=O) groups excluding carboxylic acids is 1. The number of Topliss-reactive ketones (excluding diaryl/α,β-unsaturated/α-hetero) is 1. The zero-order chi connectivity index (χ0) is 16.1. The van der Waals surface area contributed by atoms with Gasteiger partial charge in [-0.25, -0.2) is 0 Å². The quantitative estimate of drug-likeness (QED) is 0.503. The van der Waals surface area contributed by atoms with Crippen LogP contribution in [0, 0.1) is 17.0 Å². The third-order valence-electron chi connectivity index (χ3n) is 3.27. The highest BCUT2D eigenvalue weighted by molar-refractivity contribution is 5.99. The van der Waals surface area contributed by atoms with Crippen LogP contribution in [0.2, 0.25) is 0 Å². The molecule has 22 heavy (non-hydrogen) atoms. The number of ether oxygens (including phenoxy) is 1. The van der Waals surface area contributed by atoms with E-state index in [4.69, 9.17) is 4.74 Å². The number of nitro benzene ring substituents is 1. The average molecular weight is 300 g/mol. The van der Waals surface area contributed by atoms with Gasteiger partial charge in [-0.1, -0.05) is 0 Å². The molecule has 0 aliphatic rings. The molecule has 0 heterocycles. The molecule has 2 aromatic carbocycles. The van der Waals surface area contributed by atoms with E-state index in [-0.39, 0.29) is 18.0 Å². The number of aryl methyl sites for hydroxylation is 1. The zero-order valence-corrected chi connectivity index (χ0v) is 12.3. The Bertz CT molecular complexity index is 696. The summed E-state index contributed by atoms with van der Waals surface area (Å²) in [6.07, 6.45) is 0. The van der Waals surface area contributed by atoms with Gasteiger partial charge in [-0.2, -0.15) is 0 Å². The minimum atomic E-state index is -0.445. The van der Waals surface area contributed by atoms with E-state index in [1.54, 1.807) is 44.4 Å². The molecule has 0 fully saturated rings. The highest BCUT2D eigenvalue weighted by Crippen LogP contribution is 2.21. The van der Waals surface area contributed by atoms with Gasteiger partial charge in [0.05, 0.1) is 18.6 Å². The lowest BCUT2D eigenvalue weighted by atomic mass is 10.1. The number of hydrogen-bond acceptors (Lipinski definition) is 5. The second-order valence-corrected chi connectivity index (χ2v) is 4.76. The molecule has 0 aliphatic carbocycles. The number of benzene rings is 2. The van der Waals surface area contributed by atoms with Gasteiger partial charge in [-0.15, -0.1) is 0 Å². The number of non-ortho nitro benzene ring substituents is 1. The molecule has 2 aromatic rings. The molecule has 0 spiro atoms. The van der Waals surface area contributed by atoms with E-state index in [1.165, 1.54) is 12.1 Å². The Balaban J connectivity index is 2.02. The van der Waals surface area contributed by atoms with E-state index < -0.39 is 4.92 Å². The van der Waals surface area contributed by atoms with E-state index in [0.717, 1.165) is 5.56 Å². The summed E-state index contributed by atoms with van der Waals surface area (Å²) in [6, 6.07) is 11.3. The van der Waals surface area contributed by atoms with Crippen molar-refractivity contribution in [1.82, 2.24) is 0 Å². The van der Waals surface area contributed by atoms with Crippen LogP contribution in [0.5, 0.6) is 5.75 Å². The lowest BCUT2D eigenvalue weighted by Gasteiger charge is -2.09. The van der Waals surface area contributed by atoms with Crippen LogP contribution >= 0.6 is 0 Å². The molecule has 0 bridgehead atoms. The molecular weight excluding hydrogens is 284 g/mol. The number of anilines is 1. The number of hydrogen-bond donors (Lipinski definition) is 1. The zero-order valence-electron chi connectivity index (χ0n) is 12.3. The molecule has 6 nitrogen and oxygen atoms in total. The second-order valence-electron chi connectivity index (χ2n) is 4.76. The molecule has 0 amide bonds. The van der Waals surface area contributed by atoms with Crippen LogP contribution < -0.4 is 10.1 Å². The summed E-state index contributed by atoms with van der Waals surface area (Å²) >= 11 is 0. The van der Waals surface area contributed by atoms with E-state index in [0.29, 0.717) is 17.0 Å². The lowest BCUT2D eigenvalue weighted by molar-refractivity contribution is -0.384. The van der Waals surface area contributed by atoms with Gasteiger partial charge in [-0.3, -0.25) is 14.9 Å². The first kappa shape index (κ1) is 15.5. The number of ketones is 1. The molecule has 0 aliphatic heterocycles. The van der Waals surface area contributed by atoms with Crippen LogP contribution in [0.3, 0.4) is 0 Å². The van der Waals surface area contributed by atoms with E-state index in [9.17, 15) is 14.9 Å². The summed E-state index contributed by atoms with van der Waals surface area (Å²) in [5.74, 6) is 0.621. The fraction of sp³-hybridized carbons (Fsp3) is 0.188. The van der Waals surface area contributed by atoms with E-state index >= 15 is 0 Å². The van der Waals surface area contributed by atoms with Crippen molar-refractivity contribution in [2.24, 2.45) is 0 Å². The van der Waals surface area contributed by atoms with Crippen LogP contribution in [-0.4, -0.2) is 24.4 Å². The molecular formula is C16H16N2O4. The number of rotatable bonds is 6. The van der Waals surface area contributed by atoms with Gasteiger partial charge >= 0.3 is 0 Å². The van der Waals surface area contributed by atoms with Crippen LogP contribution in [0.4, 0.5) is 11.4 Å². The Hall–Kier alpha value is -2.89. The largest absolute Gasteiger partial charge is 0.497 e. The number of nitrogens with one attached hydrogen (secondary N) is 1. The van der Waals surface area contributed by atoms with Gasteiger partial charge in [-0.05, 0) is 42.8 Å². The number of nitro groups is 1. The predicted molar refractivity (Wildman–Crippen MR) is 83.6 cm³/mol. The predicted octanol–water partition coefficient (Wildman–Crippen LogP) is 3.21. The van der Waals surface area contributed by atoms with Crippen LogP contribution in [0.15, 0.2) is 42.5 Å². The first-order valence-corrected chi connectivity index (χ1v) is 6.67. The maximum atomic E-state index is 12.1. The van der Waals surface area contributed by atoms with Crippen molar-refractivity contribution in [3.05, 3.63) is 63.7 Å². The smallest absolute Gasteiger partial charge is 0.269 e. The highest BCUT2D eigenvalue weighted by atomic mass is 16.6. The van der Waals surface area contributed by atoms with Crippen molar-refractivity contribution in [3.8, 4) is 5.75 Å². The maximum Gasteiger partial charge on any atom is 0.269 e. The number of carbonyl (C=O) groups is 1. The molecule has 0 unspecified atom stereocenters. The topological polar surface area (TPSA) is 81.5 Å². The van der Waals surface area contributed by atoms with Crippen molar-refractivity contribution < 1.29 is 14.5 Å². The van der Waals surface area contributed by atoms with Crippen molar-refractivity contribution in [2.45, 2.75) is 6.92 Å². The maximum absolute atomic E-state index is 12.1. The Labute approximate surface area is 127 Å². The van der Waals surface area contributed by atoms with Gasteiger partial charge in [0, 0.05) is 23.4 Å². The SMILES string of the molecule is COc1ccc(C(=O)CNc2ccc([N+](=O)[O-])cc2C)cc1. The number of nitrogens with zero attached hydrogens (tertiary/aromatic N) is 1. The minimum absolute atomic E-state index is 0.0320. The fourth-order valence-corrected chi connectivity index (χ4v) is 2.01. The van der Waals surface area contributed by atoms with Crippen LogP contribution in [-0.2, 0) is 0 Å². The summed E-state index contributed by atoms with van der Waals surface area (Å²) in [4.78, 5) is 22.3. The minimum Gasteiger partial charge on any atom is -0.497 e. The first-order chi connectivity index (χ1) is 10.5. The van der Waals surface area contributed by atoms with Crippen LogP contribution in [0.25, 0.3) is 0 Å². The monoisotopic (exact) mass is 300 g/mol. The third kappa shape index (κ3) is 3.60. The van der Waals surface area contributed by atoms with Gasteiger partial charge in [0.2, 0.25) is 0 Å². The molecule has 6 heteroatoms. The Kier molecular flexibility index (Phi) is 4.73. The standard InChI is InChI=1S/C16H16N2O4/c1-11-9-13(18(20)21)5-8-15(11)17-10-16(19)12-3-6-14(22-2)7-4-12/h3-9,17H,10H2,1-2H3. The summed E-state index contributed by atoms with van der Waals surface area (Å²) in [5, 5.41) is 13.7. The molecule has 0 saturated heterocycles. The van der Waals surface area contributed by atoms with Crippen molar-refractivity contribution in [1.29, 1.82) is 0 Å². The third-order valence-corrected chi connectivity index (χ3v) is 3.27. The second kappa shape index (κ2) is 6.71. The normalized spacial score (nSPS) is 10.1. The van der Waals surface area contributed by atoms with Gasteiger partial charge in [0.25, 0.3) is 5.69 Å². The summed E-state index contributed by atoms with van der Waals surface area (Å²) in [7, 11) is 1.57. The van der Waals surface area contributed by atoms with Gasteiger partial charge < -0.3 is 10.1 Å². The van der Waals surface area contributed by atoms with Crippen molar-refractivity contribution >= 4 is 17.2 Å². The molecule has 0 atom stereocenters. The van der Waals surface area contributed by atoms with Crippen LogP contribution in [0.1, 0.15) is 15.9 Å². The first-order valence-electron chi connectivity index (χ1n) is 6.67. The summed E-state index contributed by atoms with van der Waals surface area (Å²) in [6.45, 7) is 1.87. The molecule has 2 rings (SSSR count). The van der Waals surface area contributed by atoms with Gasteiger partial charge in [0.1, 0.15) is 5.75 Å². The fourth-order valence-electron chi connectivity index (χ4n) is 2.01. The average Bonchev–Trinajstić information content (AvgIpc) is 2.53. The Morgan fingerprint density at radius 1 is 1.23 bits per heavy atom. The van der Waals surface area contributed by atoms with Gasteiger partial charge in [0.15, 0.2) is 5.78 Å². The van der Waals surface area contributed by atoms with E-state index in [1.807, 2.05) is 0 Å². The summed E-state index contributed by atoms with van der Waals surface area (Å²) in [5.41, 5.74) is 2.03. The molecule has 0 saturated carbocycles. The molecule has 114 valence electrons. The number of methoxy groups -OCH3 is 1. The lowest BCUT2D eigenvalue weighted by Crippen LogP contribution is -2.14. The Morgan fingerprint density at radius 3 is 2.45 bits per heavy atom. The van der Waals surface area contributed by atoms with Crippen molar-refractivity contribution in [3.63, 3.8) is 0 Å². The van der Waals surface area contributed by atoms with Crippen molar-refractivity contribution in [2.75, 3.05) is 19.0 Å². The molecule has 0 aromatic heterocycles. The molecule has 1 N–H and O–H groups in total. The van der Waals surface area contributed by atoms with E-state index in [2.05, 4.69) is 5.32 Å². The highest BCUT2D eigenvalue weighted by Gasteiger charge is 2.10. The Morgan fingerprint density at radius 2 is 1.91 bits per heavy atom. The molecule has 0 radical (unpaired) electrons. The summed E-state index contributed by atoms with van der Waals surface area (Å²) < 4.78 is 5.04.